The zero-order chi connectivity index (χ0) is 15.5. The molecule has 3 heteroatoms. The summed E-state index contributed by atoms with van der Waals surface area (Å²) in [7, 11) is 1.71. The van der Waals surface area contributed by atoms with Gasteiger partial charge in [0.1, 0.15) is 11.9 Å². The lowest BCUT2D eigenvalue weighted by Crippen LogP contribution is -2.42. The number of benzene rings is 1. The fraction of sp³-hybridized carbons (Fsp3) is 0.632. The van der Waals surface area contributed by atoms with E-state index in [0.29, 0.717) is 24.2 Å². The Hall–Kier alpha value is -1.35. The van der Waals surface area contributed by atoms with Gasteiger partial charge in [-0.1, -0.05) is 13.0 Å². The van der Waals surface area contributed by atoms with Gasteiger partial charge in [-0.05, 0) is 73.1 Å². The van der Waals surface area contributed by atoms with Crippen molar-refractivity contribution in [1.29, 1.82) is 0 Å². The standard InChI is InChI=1S/C19H24O3/c1-19-8-7-14-13-6-4-12(22-2)9-11(13)3-5-15(14)16(19)10-17(20)18(19)21/h4,6,9,14-17,20H,3,5,7-8,10H2,1-2H3/t14-,15-,16+,17-,19+/m1/s1. The van der Waals surface area contributed by atoms with Crippen LogP contribution in [-0.2, 0) is 11.2 Å². The lowest BCUT2D eigenvalue weighted by atomic mass is 9.55. The highest BCUT2D eigenvalue weighted by atomic mass is 16.5. The highest BCUT2D eigenvalue weighted by molar-refractivity contribution is 5.91. The zero-order valence-corrected chi connectivity index (χ0v) is 13.3. The number of carbonyl (C=O) groups is 1. The first-order valence-electron chi connectivity index (χ1n) is 8.44. The molecule has 0 aromatic heterocycles. The number of rotatable bonds is 1. The Balaban J connectivity index is 1.70. The summed E-state index contributed by atoms with van der Waals surface area (Å²) in [6.45, 7) is 2.09. The Morgan fingerprint density at radius 2 is 2.14 bits per heavy atom. The maximum Gasteiger partial charge on any atom is 0.167 e. The number of aliphatic hydroxyl groups excluding tert-OH is 1. The van der Waals surface area contributed by atoms with Crippen molar-refractivity contribution in [2.24, 2.45) is 17.3 Å². The molecule has 5 atom stereocenters. The molecule has 0 radical (unpaired) electrons. The second-order valence-corrected chi connectivity index (χ2v) is 7.55. The Kier molecular flexibility index (Phi) is 3.12. The van der Waals surface area contributed by atoms with E-state index < -0.39 is 6.10 Å². The lowest BCUT2D eigenvalue weighted by molar-refractivity contribution is -0.134. The molecule has 3 aliphatic carbocycles. The van der Waals surface area contributed by atoms with Crippen LogP contribution in [0.15, 0.2) is 18.2 Å². The van der Waals surface area contributed by atoms with Gasteiger partial charge in [-0.15, -0.1) is 0 Å². The SMILES string of the molecule is COc1ccc2c(c1)CC[C@@H]1[C@@H]2CC[C@]2(C)C(=O)[C@H](O)C[C@@H]12. The van der Waals surface area contributed by atoms with Gasteiger partial charge in [-0.3, -0.25) is 4.79 Å². The van der Waals surface area contributed by atoms with Gasteiger partial charge >= 0.3 is 0 Å². The number of hydrogen-bond acceptors (Lipinski definition) is 3. The van der Waals surface area contributed by atoms with Crippen LogP contribution in [0.5, 0.6) is 5.75 Å². The summed E-state index contributed by atoms with van der Waals surface area (Å²) < 4.78 is 5.35. The summed E-state index contributed by atoms with van der Waals surface area (Å²) in [4.78, 5) is 12.4. The molecule has 3 nitrogen and oxygen atoms in total. The molecule has 4 rings (SSSR count). The normalized spacial score (nSPS) is 39.9. The number of hydrogen-bond donors (Lipinski definition) is 1. The first-order chi connectivity index (χ1) is 10.5. The quantitative estimate of drug-likeness (QED) is 0.867. The summed E-state index contributed by atoms with van der Waals surface area (Å²) >= 11 is 0. The molecule has 2 fully saturated rings. The molecule has 0 bridgehead atoms. The molecular formula is C19H24O3. The molecule has 1 aromatic carbocycles. The van der Waals surface area contributed by atoms with E-state index >= 15 is 0 Å². The van der Waals surface area contributed by atoms with Gasteiger partial charge in [0.15, 0.2) is 5.78 Å². The van der Waals surface area contributed by atoms with Crippen molar-refractivity contribution in [3.63, 3.8) is 0 Å². The fourth-order valence-electron chi connectivity index (χ4n) is 5.47. The molecule has 3 aliphatic rings. The Morgan fingerprint density at radius 3 is 2.91 bits per heavy atom. The van der Waals surface area contributed by atoms with E-state index in [2.05, 4.69) is 25.1 Å². The molecule has 0 spiro atoms. The number of ether oxygens (including phenoxy) is 1. The average molecular weight is 300 g/mol. The number of fused-ring (bicyclic) bond motifs is 5. The molecule has 22 heavy (non-hydrogen) atoms. The molecule has 2 saturated carbocycles. The van der Waals surface area contributed by atoms with Gasteiger partial charge in [0, 0.05) is 5.41 Å². The number of methoxy groups -OCH3 is 1. The molecule has 0 aliphatic heterocycles. The largest absolute Gasteiger partial charge is 0.497 e. The van der Waals surface area contributed by atoms with Crippen LogP contribution in [0, 0.1) is 17.3 Å². The number of aliphatic hydroxyl groups is 1. The fourth-order valence-corrected chi connectivity index (χ4v) is 5.47. The van der Waals surface area contributed by atoms with E-state index in [9.17, 15) is 9.90 Å². The third-order valence-corrected chi connectivity index (χ3v) is 6.67. The van der Waals surface area contributed by atoms with Crippen LogP contribution in [0.25, 0.3) is 0 Å². The summed E-state index contributed by atoms with van der Waals surface area (Å²) in [5.74, 6) is 2.47. The Labute approximate surface area is 131 Å². The van der Waals surface area contributed by atoms with E-state index in [1.165, 1.54) is 11.1 Å². The van der Waals surface area contributed by atoms with Crippen molar-refractivity contribution in [3.8, 4) is 5.75 Å². The van der Waals surface area contributed by atoms with Crippen LogP contribution in [-0.4, -0.2) is 24.1 Å². The highest BCUT2D eigenvalue weighted by Gasteiger charge is 2.57. The van der Waals surface area contributed by atoms with E-state index in [0.717, 1.165) is 31.4 Å². The van der Waals surface area contributed by atoms with E-state index in [1.54, 1.807) is 7.11 Å². The van der Waals surface area contributed by atoms with Crippen LogP contribution >= 0.6 is 0 Å². The number of ketones is 1. The zero-order valence-electron chi connectivity index (χ0n) is 13.3. The van der Waals surface area contributed by atoms with Crippen LogP contribution < -0.4 is 4.74 Å². The van der Waals surface area contributed by atoms with Crippen molar-refractivity contribution in [1.82, 2.24) is 0 Å². The van der Waals surface area contributed by atoms with Gasteiger partial charge in [0.25, 0.3) is 0 Å². The van der Waals surface area contributed by atoms with Crippen molar-refractivity contribution in [3.05, 3.63) is 29.3 Å². The van der Waals surface area contributed by atoms with Crippen LogP contribution in [0.1, 0.15) is 49.7 Å². The third-order valence-electron chi connectivity index (χ3n) is 6.67. The number of Topliss-reactive ketones (excluding diaryl/α,β-unsaturated/α-hetero) is 1. The van der Waals surface area contributed by atoms with Gasteiger partial charge in [0.2, 0.25) is 0 Å². The maximum absolute atomic E-state index is 12.4. The molecule has 0 amide bonds. The Bertz CT molecular complexity index is 623. The topological polar surface area (TPSA) is 46.5 Å². The van der Waals surface area contributed by atoms with Gasteiger partial charge in [0.05, 0.1) is 7.11 Å². The summed E-state index contributed by atoms with van der Waals surface area (Å²) in [5, 5.41) is 10.1. The summed E-state index contributed by atoms with van der Waals surface area (Å²) in [6.07, 6.45) is 4.11. The first-order valence-corrected chi connectivity index (χ1v) is 8.44. The highest BCUT2D eigenvalue weighted by Crippen LogP contribution is 2.59. The predicted octanol–water partition coefficient (Wildman–Crippen LogP) is 3.09. The van der Waals surface area contributed by atoms with Crippen LogP contribution in [0.4, 0.5) is 0 Å². The van der Waals surface area contributed by atoms with E-state index in [1.807, 2.05) is 0 Å². The molecule has 1 N–H and O–H groups in total. The van der Waals surface area contributed by atoms with Crippen molar-refractivity contribution < 1.29 is 14.6 Å². The second-order valence-electron chi connectivity index (χ2n) is 7.55. The molecule has 0 saturated heterocycles. The average Bonchev–Trinajstić information content (AvgIpc) is 2.77. The monoisotopic (exact) mass is 300 g/mol. The minimum atomic E-state index is -0.731. The van der Waals surface area contributed by atoms with Gasteiger partial charge in [-0.25, -0.2) is 0 Å². The van der Waals surface area contributed by atoms with Crippen LogP contribution in [0.3, 0.4) is 0 Å². The Morgan fingerprint density at radius 1 is 1.32 bits per heavy atom. The smallest absolute Gasteiger partial charge is 0.167 e. The molecule has 1 aromatic rings. The molecular weight excluding hydrogens is 276 g/mol. The predicted molar refractivity (Wildman–Crippen MR) is 84.0 cm³/mol. The second kappa shape index (κ2) is 4.82. The van der Waals surface area contributed by atoms with Crippen molar-refractivity contribution in [2.45, 2.75) is 51.0 Å². The molecule has 0 heterocycles. The lowest BCUT2D eigenvalue weighted by Gasteiger charge is -2.48. The van der Waals surface area contributed by atoms with Gasteiger partial charge < -0.3 is 9.84 Å². The number of carbonyl (C=O) groups excluding carboxylic acids is 1. The van der Waals surface area contributed by atoms with E-state index in [4.69, 9.17) is 4.74 Å². The minimum absolute atomic E-state index is 0.0940. The molecule has 0 unspecified atom stereocenters. The number of aryl methyl sites for hydroxylation is 1. The maximum atomic E-state index is 12.4. The molecule has 118 valence electrons. The van der Waals surface area contributed by atoms with Gasteiger partial charge in [-0.2, -0.15) is 0 Å². The summed E-state index contributed by atoms with van der Waals surface area (Å²) in [5.41, 5.74) is 2.58. The third kappa shape index (κ3) is 1.81. The first kappa shape index (κ1) is 14.3. The summed E-state index contributed by atoms with van der Waals surface area (Å²) in [6, 6.07) is 6.46. The minimum Gasteiger partial charge on any atom is -0.497 e. The van der Waals surface area contributed by atoms with E-state index in [-0.39, 0.29) is 11.2 Å². The van der Waals surface area contributed by atoms with Crippen LogP contribution in [0.2, 0.25) is 0 Å². The van der Waals surface area contributed by atoms with Crippen molar-refractivity contribution >= 4 is 5.78 Å². The van der Waals surface area contributed by atoms with Crippen molar-refractivity contribution in [2.75, 3.05) is 7.11 Å².